The van der Waals surface area contributed by atoms with Crippen molar-refractivity contribution in [2.45, 2.75) is 4.34 Å². The lowest BCUT2D eigenvalue weighted by Gasteiger charge is -2.03. The molecule has 1 aromatic heterocycles. The molecule has 1 heterocycles. The number of benzene rings is 1. The van der Waals surface area contributed by atoms with Crippen molar-refractivity contribution >= 4 is 34.0 Å². The van der Waals surface area contributed by atoms with Crippen molar-refractivity contribution in [3.63, 3.8) is 0 Å². The van der Waals surface area contributed by atoms with Crippen molar-refractivity contribution in [2.75, 3.05) is 24.7 Å². The van der Waals surface area contributed by atoms with Gasteiger partial charge >= 0.3 is 0 Å². The van der Waals surface area contributed by atoms with Gasteiger partial charge in [-0.2, -0.15) is 0 Å². The van der Waals surface area contributed by atoms with E-state index in [9.17, 15) is 15.0 Å². The smallest absolute Gasteiger partial charge is 0.208 e. The first-order valence-corrected chi connectivity index (χ1v) is 7.46. The Bertz CT molecular complexity index is 628. The second kappa shape index (κ2) is 6.10. The maximum atomic E-state index is 12.0. The zero-order chi connectivity index (χ0) is 14.7. The van der Waals surface area contributed by atoms with Crippen molar-refractivity contribution in [1.29, 1.82) is 0 Å². The SMILES string of the molecule is CN(C)c1nnc(SCC(=O)c2ccc(O)c(O)c2)s1. The van der Waals surface area contributed by atoms with Gasteiger partial charge in [0.15, 0.2) is 21.6 Å². The van der Waals surface area contributed by atoms with Gasteiger partial charge in [-0.25, -0.2) is 0 Å². The fourth-order valence-electron chi connectivity index (χ4n) is 1.35. The zero-order valence-corrected chi connectivity index (χ0v) is 12.5. The normalized spacial score (nSPS) is 10.5. The van der Waals surface area contributed by atoms with Gasteiger partial charge in [0.25, 0.3) is 0 Å². The van der Waals surface area contributed by atoms with E-state index in [0.717, 1.165) is 5.13 Å². The number of nitrogens with zero attached hydrogens (tertiary/aromatic N) is 3. The summed E-state index contributed by atoms with van der Waals surface area (Å²) in [6.45, 7) is 0. The highest BCUT2D eigenvalue weighted by Gasteiger charge is 2.12. The molecule has 0 aliphatic heterocycles. The number of rotatable bonds is 5. The first-order chi connectivity index (χ1) is 9.47. The molecule has 106 valence electrons. The predicted molar refractivity (Wildman–Crippen MR) is 79.1 cm³/mol. The summed E-state index contributed by atoms with van der Waals surface area (Å²) < 4.78 is 0.713. The van der Waals surface area contributed by atoms with Gasteiger partial charge in [0, 0.05) is 19.7 Å². The van der Waals surface area contributed by atoms with Gasteiger partial charge < -0.3 is 15.1 Å². The number of phenolic OH excluding ortho intramolecular Hbond substituents is 2. The first-order valence-electron chi connectivity index (χ1n) is 5.66. The average molecular weight is 311 g/mol. The number of ketones is 1. The molecular formula is C12H13N3O3S2. The number of hydrogen-bond acceptors (Lipinski definition) is 8. The third-order valence-electron chi connectivity index (χ3n) is 2.40. The maximum Gasteiger partial charge on any atom is 0.208 e. The Hall–Kier alpha value is -1.80. The molecule has 2 N–H and O–H groups in total. The molecule has 2 rings (SSSR count). The number of aromatic hydroxyl groups is 2. The summed E-state index contributed by atoms with van der Waals surface area (Å²) >= 11 is 2.71. The van der Waals surface area contributed by atoms with Crippen molar-refractivity contribution in [3.05, 3.63) is 23.8 Å². The fourth-order valence-corrected chi connectivity index (χ4v) is 3.01. The van der Waals surface area contributed by atoms with Crippen LogP contribution in [0.2, 0.25) is 0 Å². The van der Waals surface area contributed by atoms with Gasteiger partial charge in [0.05, 0.1) is 5.75 Å². The van der Waals surface area contributed by atoms with Crippen LogP contribution in [-0.4, -0.2) is 46.0 Å². The van der Waals surface area contributed by atoms with E-state index in [1.807, 2.05) is 19.0 Å². The van der Waals surface area contributed by atoms with Gasteiger partial charge in [-0.05, 0) is 18.2 Å². The van der Waals surface area contributed by atoms with Crippen LogP contribution in [0.4, 0.5) is 5.13 Å². The van der Waals surface area contributed by atoms with E-state index in [1.54, 1.807) is 0 Å². The molecule has 0 saturated heterocycles. The topological polar surface area (TPSA) is 86.6 Å². The van der Waals surface area contributed by atoms with Crippen LogP contribution in [0, 0.1) is 0 Å². The second-order valence-corrected chi connectivity index (χ2v) is 6.34. The van der Waals surface area contributed by atoms with E-state index >= 15 is 0 Å². The molecule has 0 aliphatic carbocycles. The molecule has 0 aliphatic rings. The van der Waals surface area contributed by atoms with E-state index in [1.165, 1.54) is 41.3 Å². The number of Topliss-reactive ketones (excluding diaryl/α,β-unsaturated/α-hetero) is 1. The number of anilines is 1. The minimum absolute atomic E-state index is 0.146. The van der Waals surface area contributed by atoms with Crippen LogP contribution < -0.4 is 4.90 Å². The Morgan fingerprint density at radius 1 is 1.30 bits per heavy atom. The summed E-state index contributed by atoms with van der Waals surface area (Å²) in [6, 6.07) is 4.02. The van der Waals surface area contributed by atoms with Crippen molar-refractivity contribution in [1.82, 2.24) is 10.2 Å². The Kier molecular flexibility index (Phi) is 4.46. The summed E-state index contributed by atoms with van der Waals surface area (Å²) in [5.41, 5.74) is 0.352. The molecule has 8 heteroatoms. The Labute approximate surface area is 124 Å². The summed E-state index contributed by atoms with van der Waals surface area (Å²) in [6.07, 6.45) is 0. The maximum absolute atomic E-state index is 12.0. The summed E-state index contributed by atoms with van der Waals surface area (Å²) in [7, 11) is 3.75. The van der Waals surface area contributed by atoms with Gasteiger partial charge in [-0.1, -0.05) is 23.1 Å². The van der Waals surface area contributed by atoms with Gasteiger partial charge in [0.1, 0.15) is 0 Å². The molecular weight excluding hydrogens is 298 g/mol. The Morgan fingerprint density at radius 2 is 2.05 bits per heavy atom. The molecule has 1 aromatic carbocycles. The highest BCUT2D eigenvalue weighted by atomic mass is 32.2. The van der Waals surface area contributed by atoms with E-state index in [4.69, 9.17) is 0 Å². The molecule has 2 aromatic rings. The molecule has 0 atom stereocenters. The number of hydrogen-bond donors (Lipinski definition) is 2. The van der Waals surface area contributed by atoms with Crippen LogP contribution in [-0.2, 0) is 0 Å². The van der Waals surface area contributed by atoms with Crippen LogP contribution in [0.5, 0.6) is 11.5 Å². The van der Waals surface area contributed by atoms with Gasteiger partial charge in [-0.3, -0.25) is 4.79 Å². The molecule has 0 bridgehead atoms. The van der Waals surface area contributed by atoms with Gasteiger partial charge in [-0.15, -0.1) is 10.2 Å². The lowest BCUT2D eigenvalue weighted by molar-refractivity contribution is 0.102. The van der Waals surface area contributed by atoms with Crippen LogP contribution in [0.3, 0.4) is 0 Å². The van der Waals surface area contributed by atoms with Crippen LogP contribution in [0.25, 0.3) is 0 Å². The minimum atomic E-state index is -0.299. The Morgan fingerprint density at radius 3 is 2.65 bits per heavy atom. The lowest BCUT2D eigenvalue weighted by atomic mass is 10.1. The quantitative estimate of drug-likeness (QED) is 0.496. The largest absolute Gasteiger partial charge is 0.504 e. The zero-order valence-electron chi connectivity index (χ0n) is 10.9. The van der Waals surface area contributed by atoms with Gasteiger partial charge in [0.2, 0.25) is 5.13 Å². The number of carbonyl (C=O) groups excluding carboxylic acids is 1. The summed E-state index contributed by atoms with van der Waals surface area (Å²) in [4.78, 5) is 13.8. The number of carbonyl (C=O) groups is 1. The van der Waals surface area contributed by atoms with Crippen LogP contribution >= 0.6 is 23.1 Å². The van der Waals surface area contributed by atoms with E-state index in [-0.39, 0.29) is 23.0 Å². The highest BCUT2D eigenvalue weighted by molar-refractivity contribution is 8.01. The molecule has 0 spiro atoms. The van der Waals surface area contributed by atoms with Crippen molar-refractivity contribution < 1.29 is 15.0 Å². The van der Waals surface area contributed by atoms with E-state index < -0.39 is 0 Å². The second-order valence-electron chi connectivity index (χ2n) is 4.16. The molecule has 0 saturated carbocycles. The average Bonchev–Trinajstić information content (AvgIpc) is 2.88. The lowest BCUT2D eigenvalue weighted by Crippen LogP contribution is -2.07. The molecule has 0 radical (unpaired) electrons. The monoisotopic (exact) mass is 311 g/mol. The molecule has 0 fully saturated rings. The third kappa shape index (κ3) is 3.40. The minimum Gasteiger partial charge on any atom is -0.504 e. The van der Waals surface area contributed by atoms with E-state index in [2.05, 4.69) is 10.2 Å². The molecule has 20 heavy (non-hydrogen) atoms. The standard InChI is InChI=1S/C12H13N3O3S2/c1-15(2)11-13-14-12(20-11)19-6-10(18)7-3-4-8(16)9(17)5-7/h3-5,16-17H,6H2,1-2H3. The van der Waals surface area contributed by atoms with Crippen molar-refractivity contribution in [3.8, 4) is 11.5 Å². The van der Waals surface area contributed by atoms with Crippen LogP contribution in [0.15, 0.2) is 22.5 Å². The molecule has 0 amide bonds. The predicted octanol–water partition coefficient (Wildman–Crippen LogP) is 1.99. The number of phenols is 2. The fraction of sp³-hybridized carbons (Fsp3) is 0.250. The molecule has 0 unspecified atom stereocenters. The molecule has 6 nitrogen and oxygen atoms in total. The first kappa shape index (κ1) is 14.6. The highest BCUT2D eigenvalue weighted by Crippen LogP contribution is 2.29. The van der Waals surface area contributed by atoms with E-state index in [0.29, 0.717) is 9.90 Å². The van der Waals surface area contributed by atoms with Crippen LogP contribution in [0.1, 0.15) is 10.4 Å². The number of aromatic nitrogens is 2. The number of thioether (sulfide) groups is 1. The summed E-state index contributed by atoms with van der Waals surface area (Å²) in [5.74, 6) is -0.487. The van der Waals surface area contributed by atoms with Crippen molar-refractivity contribution in [2.24, 2.45) is 0 Å². The summed E-state index contributed by atoms with van der Waals surface area (Å²) in [5, 5.41) is 27.3. The Balaban J connectivity index is 1.99. The third-order valence-corrected chi connectivity index (χ3v) is 4.63.